The molecule has 0 heterocycles. The molecular formula is C16H13F3N2O3. The zero-order chi connectivity index (χ0) is 17.6. The number of anilines is 1. The summed E-state index contributed by atoms with van der Waals surface area (Å²) in [5, 5.41) is 3.96. The molecule has 2 aromatic carbocycles. The summed E-state index contributed by atoms with van der Waals surface area (Å²) in [4.78, 5) is 11.3. The molecule has 126 valence electrons. The van der Waals surface area contributed by atoms with Crippen molar-refractivity contribution in [2.75, 3.05) is 12.5 Å². The number of rotatable bonds is 5. The minimum Gasteiger partial charge on any atom is -0.465 e. The summed E-state index contributed by atoms with van der Waals surface area (Å²) < 4.78 is 44.5. The summed E-state index contributed by atoms with van der Waals surface area (Å²) in [6.45, 7) is 0. The molecule has 0 aliphatic rings. The lowest BCUT2D eigenvalue weighted by Crippen LogP contribution is -2.16. The van der Waals surface area contributed by atoms with Crippen LogP contribution in [0, 0.1) is 0 Å². The van der Waals surface area contributed by atoms with Crippen LogP contribution < -0.4 is 10.2 Å². The Morgan fingerprint density at radius 3 is 2.25 bits per heavy atom. The topological polar surface area (TPSA) is 59.9 Å². The zero-order valence-electron chi connectivity index (χ0n) is 12.5. The highest BCUT2D eigenvalue weighted by molar-refractivity contribution is 5.90. The predicted molar refractivity (Wildman–Crippen MR) is 82.1 cm³/mol. The van der Waals surface area contributed by atoms with Crippen molar-refractivity contribution >= 4 is 17.9 Å². The highest BCUT2D eigenvalue weighted by atomic mass is 19.4. The Balaban J connectivity index is 1.93. The summed E-state index contributed by atoms with van der Waals surface area (Å²) in [5.41, 5.74) is 4.31. The normalized spacial score (nSPS) is 11.3. The maximum atomic E-state index is 12.0. The van der Waals surface area contributed by atoms with Crippen LogP contribution in [0.2, 0.25) is 0 Å². The molecule has 2 aromatic rings. The molecule has 0 aliphatic heterocycles. The van der Waals surface area contributed by atoms with Gasteiger partial charge in [0, 0.05) is 0 Å². The van der Waals surface area contributed by atoms with Crippen LogP contribution in [-0.2, 0) is 4.74 Å². The number of ether oxygens (including phenoxy) is 2. The van der Waals surface area contributed by atoms with Crippen molar-refractivity contribution in [1.82, 2.24) is 0 Å². The lowest BCUT2D eigenvalue weighted by Gasteiger charge is -2.08. The Bertz CT molecular complexity index is 711. The van der Waals surface area contributed by atoms with Gasteiger partial charge in [0.2, 0.25) is 0 Å². The van der Waals surface area contributed by atoms with E-state index in [-0.39, 0.29) is 5.75 Å². The van der Waals surface area contributed by atoms with E-state index in [1.807, 2.05) is 0 Å². The standard InChI is InChI=1S/C16H13F3N2O3/c1-23-15(22)12-4-2-11(3-5-12)10-20-21-13-6-8-14(9-7-13)24-16(17,18)19/h2-10,21H,1H3/b20-10-. The fourth-order valence-electron chi connectivity index (χ4n) is 1.74. The molecule has 0 radical (unpaired) electrons. The third-order valence-corrected chi connectivity index (χ3v) is 2.83. The molecule has 2 rings (SSSR count). The number of carbonyl (C=O) groups excluding carboxylic acids is 1. The maximum absolute atomic E-state index is 12.0. The van der Waals surface area contributed by atoms with Crippen LogP contribution >= 0.6 is 0 Å². The van der Waals surface area contributed by atoms with Crippen LogP contribution in [0.4, 0.5) is 18.9 Å². The molecule has 0 spiro atoms. The van der Waals surface area contributed by atoms with Gasteiger partial charge in [-0.1, -0.05) is 12.1 Å². The first kappa shape index (κ1) is 17.3. The molecule has 0 aromatic heterocycles. The molecule has 0 fully saturated rings. The molecule has 5 nitrogen and oxygen atoms in total. The van der Waals surface area contributed by atoms with E-state index in [4.69, 9.17) is 0 Å². The van der Waals surface area contributed by atoms with Gasteiger partial charge in [0.1, 0.15) is 5.75 Å². The first-order valence-electron chi connectivity index (χ1n) is 6.70. The Labute approximate surface area is 135 Å². The Hall–Kier alpha value is -3.03. The number of halogens is 3. The lowest BCUT2D eigenvalue weighted by atomic mass is 10.1. The summed E-state index contributed by atoms with van der Waals surface area (Å²) in [5.74, 6) is -0.742. The number of alkyl halides is 3. The van der Waals surface area contributed by atoms with Crippen LogP contribution in [0.3, 0.4) is 0 Å². The molecule has 24 heavy (non-hydrogen) atoms. The lowest BCUT2D eigenvalue weighted by molar-refractivity contribution is -0.274. The number of hydrazone groups is 1. The summed E-state index contributed by atoms with van der Waals surface area (Å²) in [6.07, 6.45) is -3.22. The minimum atomic E-state index is -4.72. The van der Waals surface area contributed by atoms with E-state index in [1.165, 1.54) is 37.6 Å². The van der Waals surface area contributed by atoms with Gasteiger partial charge in [0.05, 0.1) is 24.6 Å². The van der Waals surface area contributed by atoms with E-state index in [0.29, 0.717) is 11.3 Å². The van der Waals surface area contributed by atoms with Crippen LogP contribution in [0.15, 0.2) is 53.6 Å². The average Bonchev–Trinajstić information content (AvgIpc) is 2.55. The van der Waals surface area contributed by atoms with Crippen molar-refractivity contribution < 1.29 is 27.4 Å². The smallest absolute Gasteiger partial charge is 0.465 e. The van der Waals surface area contributed by atoms with Crippen molar-refractivity contribution in [3.05, 3.63) is 59.7 Å². The quantitative estimate of drug-likeness (QED) is 0.511. The van der Waals surface area contributed by atoms with Crippen molar-refractivity contribution in [2.24, 2.45) is 5.10 Å². The molecule has 0 amide bonds. The van der Waals surface area contributed by atoms with E-state index in [2.05, 4.69) is 20.0 Å². The molecule has 1 N–H and O–H groups in total. The maximum Gasteiger partial charge on any atom is 0.573 e. The average molecular weight is 338 g/mol. The highest BCUT2D eigenvalue weighted by Gasteiger charge is 2.30. The summed E-state index contributed by atoms with van der Waals surface area (Å²) in [7, 11) is 1.30. The molecule has 0 unspecified atom stereocenters. The van der Waals surface area contributed by atoms with Gasteiger partial charge in [-0.2, -0.15) is 5.10 Å². The van der Waals surface area contributed by atoms with Crippen molar-refractivity contribution in [2.45, 2.75) is 6.36 Å². The second kappa shape index (κ2) is 7.49. The first-order chi connectivity index (χ1) is 11.4. The molecule has 8 heteroatoms. The van der Waals surface area contributed by atoms with Gasteiger partial charge in [-0.3, -0.25) is 5.43 Å². The number of hydrogen-bond acceptors (Lipinski definition) is 5. The fourth-order valence-corrected chi connectivity index (χ4v) is 1.74. The largest absolute Gasteiger partial charge is 0.573 e. The van der Waals surface area contributed by atoms with Gasteiger partial charge >= 0.3 is 12.3 Å². The minimum absolute atomic E-state index is 0.310. The number of benzene rings is 2. The van der Waals surface area contributed by atoms with Gasteiger partial charge < -0.3 is 9.47 Å². The number of hydrogen-bond donors (Lipinski definition) is 1. The summed E-state index contributed by atoms with van der Waals surface area (Å²) in [6, 6.07) is 11.7. The van der Waals surface area contributed by atoms with Crippen molar-refractivity contribution in [3.63, 3.8) is 0 Å². The summed E-state index contributed by atoms with van der Waals surface area (Å²) >= 11 is 0. The number of nitrogens with one attached hydrogen (secondary N) is 1. The van der Waals surface area contributed by atoms with Crippen LogP contribution in [-0.4, -0.2) is 25.7 Å². The van der Waals surface area contributed by atoms with Crippen LogP contribution in [0.25, 0.3) is 0 Å². The van der Waals surface area contributed by atoms with E-state index < -0.39 is 12.3 Å². The fraction of sp³-hybridized carbons (Fsp3) is 0.125. The molecule has 0 bridgehead atoms. The third kappa shape index (κ3) is 5.31. The van der Waals surface area contributed by atoms with E-state index in [0.717, 1.165) is 5.56 Å². The predicted octanol–water partition coefficient (Wildman–Crippen LogP) is 3.82. The first-order valence-corrected chi connectivity index (χ1v) is 6.70. The van der Waals surface area contributed by atoms with Crippen LogP contribution in [0.5, 0.6) is 5.75 Å². The molecular weight excluding hydrogens is 325 g/mol. The Morgan fingerprint density at radius 1 is 1.08 bits per heavy atom. The van der Waals surface area contributed by atoms with Gasteiger partial charge in [-0.25, -0.2) is 4.79 Å². The van der Waals surface area contributed by atoms with Gasteiger partial charge in [0.25, 0.3) is 0 Å². The molecule has 0 saturated heterocycles. The number of nitrogens with zero attached hydrogens (tertiary/aromatic N) is 1. The van der Waals surface area contributed by atoms with Gasteiger partial charge in [-0.15, -0.1) is 13.2 Å². The molecule has 0 aliphatic carbocycles. The Kier molecular flexibility index (Phi) is 5.41. The second-order valence-corrected chi connectivity index (χ2v) is 4.56. The zero-order valence-corrected chi connectivity index (χ0v) is 12.5. The van der Waals surface area contributed by atoms with Crippen molar-refractivity contribution in [1.29, 1.82) is 0 Å². The second-order valence-electron chi connectivity index (χ2n) is 4.56. The monoisotopic (exact) mass is 338 g/mol. The molecule has 0 atom stereocenters. The van der Waals surface area contributed by atoms with Gasteiger partial charge in [0.15, 0.2) is 0 Å². The SMILES string of the molecule is COC(=O)c1ccc(/C=N\Nc2ccc(OC(F)(F)F)cc2)cc1. The van der Waals surface area contributed by atoms with Crippen molar-refractivity contribution in [3.8, 4) is 5.75 Å². The van der Waals surface area contributed by atoms with E-state index in [1.54, 1.807) is 24.3 Å². The molecule has 0 saturated carbocycles. The highest BCUT2D eigenvalue weighted by Crippen LogP contribution is 2.23. The van der Waals surface area contributed by atoms with Gasteiger partial charge in [-0.05, 0) is 42.0 Å². The van der Waals surface area contributed by atoms with Crippen LogP contribution in [0.1, 0.15) is 15.9 Å². The Morgan fingerprint density at radius 2 is 1.71 bits per heavy atom. The third-order valence-electron chi connectivity index (χ3n) is 2.83. The van der Waals surface area contributed by atoms with E-state index in [9.17, 15) is 18.0 Å². The number of methoxy groups -OCH3 is 1. The number of esters is 1. The van der Waals surface area contributed by atoms with E-state index >= 15 is 0 Å². The number of carbonyl (C=O) groups is 1.